The van der Waals surface area contributed by atoms with Gasteiger partial charge in [0.25, 0.3) is 0 Å². The fourth-order valence-corrected chi connectivity index (χ4v) is 0.754. The molecule has 0 aromatic rings. The van der Waals surface area contributed by atoms with Crippen LogP contribution < -0.4 is 11.1 Å². The molecule has 4 N–H and O–H groups in total. The second-order valence-electron chi connectivity index (χ2n) is 2.52. The van der Waals surface area contributed by atoms with E-state index in [0.29, 0.717) is 0 Å². The summed E-state index contributed by atoms with van der Waals surface area (Å²) in [6, 6.07) is -0.788. The van der Waals surface area contributed by atoms with Gasteiger partial charge in [0, 0.05) is 20.1 Å². The van der Waals surface area contributed by atoms with Gasteiger partial charge in [-0.05, 0) is 0 Å². The van der Waals surface area contributed by atoms with Gasteiger partial charge in [-0.2, -0.15) is 0 Å². The first-order valence-corrected chi connectivity index (χ1v) is 3.81. The molecule has 0 fully saturated rings. The zero-order valence-electron chi connectivity index (χ0n) is 7.45. The third-order valence-electron chi connectivity index (χ3n) is 1.39. The fourth-order valence-electron chi connectivity index (χ4n) is 0.754. The van der Waals surface area contributed by atoms with Crippen molar-refractivity contribution >= 4 is 11.9 Å². The van der Waals surface area contributed by atoms with Crippen LogP contribution in [0.3, 0.4) is 0 Å². The molecule has 0 rings (SSSR count). The van der Waals surface area contributed by atoms with E-state index in [4.69, 9.17) is 10.8 Å². The maximum atomic E-state index is 10.5. The first kappa shape index (κ1) is 11.9. The van der Waals surface area contributed by atoms with Crippen LogP contribution in [0.2, 0.25) is 0 Å². The molecule has 6 heteroatoms. The number of hydrogen-bond acceptors (Lipinski definition) is 4. The molecule has 1 atom stereocenters. The minimum absolute atomic E-state index is 0.0636. The average Bonchev–Trinajstić information content (AvgIpc) is 2.02. The Bertz CT molecular complexity index is 183. The van der Waals surface area contributed by atoms with Crippen LogP contribution in [0.5, 0.6) is 0 Å². The molecule has 0 aromatic carbocycles. The van der Waals surface area contributed by atoms with Crippen LogP contribution in [0.25, 0.3) is 0 Å². The Balaban J connectivity index is 3.69. The lowest BCUT2D eigenvalue weighted by molar-refractivity contribution is -0.141. The second-order valence-corrected chi connectivity index (χ2v) is 2.52. The topological polar surface area (TPSA) is 102 Å². The van der Waals surface area contributed by atoms with Crippen molar-refractivity contribution in [2.24, 2.45) is 5.73 Å². The summed E-state index contributed by atoms with van der Waals surface area (Å²) < 4.78 is 4.66. The third kappa shape index (κ3) is 6.06. The highest BCUT2D eigenvalue weighted by Gasteiger charge is 2.15. The number of carbonyl (C=O) groups is 2. The molecule has 1 unspecified atom stereocenters. The molecule has 6 nitrogen and oxygen atoms in total. The van der Waals surface area contributed by atoms with E-state index in [2.05, 4.69) is 10.1 Å². The molecule has 76 valence electrons. The van der Waals surface area contributed by atoms with E-state index >= 15 is 0 Å². The summed E-state index contributed by atoms with van der Waals surface area (Å²) in [6.45, 7) is 0.309. The van der Waals surface area contributed by atoms with Gasteiger partial charge in [0.1, 0.15) is 6.04 Å². The molecule has 0 saturated carbocycles. The molecule has 0 aliphatic carbocycles. The number of aliphatic carboxylic acids is 1. The van der Waals surface area contributed by atoms with Gasteiger partial charge in [-0.1, -0.05) is 0 Å². The summed E-state index contributed by atoms with van der Waals surface area (Å²) in [5.74, 6) is -1.47. The van der Waals surface area contributed by atoms with Gasteiger partial charge in [0.05, 0.1) is 6.61 Å². The Morgan fingerprint density at radius 1 is 1.62 bits per heavy atom. The smallest absolute Gasteiger partial charge is 0.323 e. The number of nitrogens with one attached hydrogen (secondary N) is 1. The van der Waals surface area contributed by atoms with E-state index < -0.39 is 17.9 Å². The normalized spacial score (nSPS) is 12.4. The number of nitrogens with two attached hydrogens (primary N) is 1. The molecule has 0 saturated heterocycles. The van der Waals surface area contributed by atoms with Gasteiger partial charge in [-0.3, -0.25) is 9.59 Å². The summed E-state index contributed by atoms with van der Waals surface area (Å²) in [7, 11) is 1.41. The van der Waals surface area contributed by atoms with Crippen LogP contribution in [-0.4, -0.2) is 43.3 Å². The van der Waals surface area contributed by atoms with Gasteiger partial charge >= 0.3 is 5.97 Å². The second kappa shape index (κ2) is 6.38. The average molecular weight is 190 g/mol. The molecule has 1 amide bonds. The lowest BCUT2D eigenvalue weighted by atomic mass is 10.3. The SMILES string of the molecule is COCC(NCCC(N)=O)C(=O)O. The highest BCUT2D eigenvalue weighted by molar-refractivity contribution is 5.75. The quantitative estimate of drug-likeness (QED) is 0.456. The predicted octanol–water partition coefficient (Wildman–Crippen LogP) is -1.45. The van der Waals surface area contributed by atoms with Crippen LogP contribution in [-0.2, 0) is 14.3 Å². The summed E-state index contributed by atoms with van der Waals surface area (Å²) in [6.07, 6.45) is 0.119. The molecule has 13 heavy (non-hydrogen) atoms. The van der Waals surface area contributed by atoms with Crippen LogP contribution in [0.15, 0.2) is 0 Å². The number of carboxylic acid groups (broad SMARTS) is 1. The molecular weight excluding hydrogens is 176 g/mol. The van der Waals surface area contributed by atoms with Crippen molar-refractivity contribution in [3.63, 3.8) is 0 Å². The first-order valence-electron chi connectivity index (χ1n) is 3.81. The van der Waals surface area contributed by atoms with Crippen molar-refractivity contribution in [2.75, 3.05) is 20.3 Å². The predicted molar refractivity (Wildman–Crippen MR) is 45.1 cm³/mol. The monoisotopic (exact) mass is 190 g/mol. The van der Waals surface area contributed by atoms with Gasteiger partial charge in [0.15, 0.2) is 0 Å². The van der Waals surface area contributed by atoms with Crippen molar-refractivity contribution in [3.8, 4) is 0 Å². The molecule has 0 aromatic heterocycles. The highest BCUT2D eigenvalue weighted by atomic mass is 16.5. The molecule has 0 spiro atoms. The fraction of sp³-hybridized carbons (Fsp3) is 0.714. The highest BCUT2D eigenvalue weighted by Crippen LogP contribution is 1.86. The number of ether oxygens (including phenoxy) is 1. The molecule has 0 bridgehead atoms. The Labute approximate surface area is 76.0 Å². The van der Waals surface area contributed by atoms with Gasteiger partial charge in [0.2, 0.25) is 5.91 Å². The standard InChI is InChI=1S/C7H14N2O4/c1-13-4-5(7(11)12)9-3-2-6(8)10/h5,9H,2-4H2,1H3,(H2,8,10)(H,11,12). The minimum Gasteiger partial charge on any atom is -0.480 e. The van der Waals surface area contributed by atoms with Gasteiger partial charge in [-0.15, -0.1) is 0 Å². The lowest BCUT2D eigenvalue weighted by Crippen LogP contribution is -2.41. The van der Waals surface area contributed by atoms with Crippen molar-refractivity contribution in [1.82, 2.24) is 5.32 Å². The number of carbonyl (C=O) groups excluding carboxylic acids is 1. The van der Waals surface area contributed by atoms with Crippen LogP contribution in [0, 0.1) is 0 Å². The summed E-state index contributed by atoms with van der Waals surface area (Å²) in [4.78, 5) is 20.8. The maximum Gasteiger partial charge on any atom is 0.323 e. The van der Waals surface area contributed by atoms with Crippen molar-refractivity contribution in [2.45, 2.75) is 12.5 Å². The Hall–Kier alpha value is -1.14. The number of methoxy groups -OCH3 is 1. The van der Waals surface area contributed by atoms with E-state index in [1.165, 1.54) is 7.11 Å². The molecule has 0 aliphatic rings. The number of carboxylic acids is 1. The van der Waals surface area contributed by atoms with E-state index in [9.17, 15) is 9.59 Å². The van der Waals surface area contributed by atoms with Crippen LogP contribution in [0.4, 0.5) is 0 Å². The zero-order chi connectivity index (χ0) is 10.3. The van der Waals surface area contributed by atoms with Crippen molar-refractivity contribution in [3.05, 3.63) is 0 Å². The van der Waals surface area contributed by atoms with E-state index in [1.54, 1.807) is 0 Å². The largest absolute Gasteiger partial charge is 0.480 e. The third-order valence-corrected chi connectivity index (χ3v) is 1.39. The molecule has 0 aliphatic heterocycles. The lowest BCUT2D eigenvalue weighted by Gasteiger charge is -2.12. The van der Waals surface area contributed by atoms with Gasteiger partial charge in [-0.25, -0.2) is 0 Å². The number of rotatable bonds is 7. The zero-order valence-corrected chi connectivity index (χ0v) is 7.45. The number of hydrogen-bond donors (Lipinski definition) is 3. The van der Waals surface area contributed by atoms with E-state index in [-0.39, 0.29) is 19.6 Å². The Kier molecular flexibility index (Phi) is 5.82. The first-order chi connectivity index (χ1) is 6.07. The Morgan fingerprint density at radius 3 is 2.62 bits per heavy atom. The minimum atomic E-state index is -1.01. The summed E-state index contributed by atoms with van der Waals surface area (Å²) in [5, 5.41) is 11.2. The van der Waals surface area contributed by atoms with Crippen LogP contribution >= 0.6 is 0 Å². The maximum absolute atomic E-state index is 10.5. The molecule has 0 heterocycles. The van der Waals surface area contributed by atoms with Gasteiger partial charge < -0.3 is 20.9 Å². The summed E-state index contributed by atoms with van der Waals surface area (Å²) in [5.41, 5.74) is 4.87. The van der Waals surface area contributed by atoms with Crippen molar-refractivity contribution in [1.29, 1.82) is 0 Å². The van der Waals surface area contributed by atoms with E-state index in [0.717, 1.165) is 0 Å². The molecular formula is C7H14N2O4. The Morgan fingerprint density at radius 2 is 2.23 bits per heavy atom. The number of amides is 1. The van der Waals surface area contributed by atoms with E-state index in [1.807, 2.05) is 0 Å². The number of primary amides is 1. The van der Waals surface area contributed by atoms with Crippen LogP contribution in [0.1, 0.15) is 6.42 Å². The summed E-state index contributed by atoms with van der Waals surface area (Å²) >= 11 is 0. The molecule has 0 radical (unpaired) electrons. The van der Waals surface area contributed by atoms with Crippen molar-refractivity contribution < 1.29 is 19.4 Å².